The Morgan fingerprint density at radius 2 is 1.54 bits per heavy atom. The van der Waals surface area contributed by atoms with Gasteiger partial charge in [0, 0.05) is 38.2 Å². The summed E-state index contributed by atoms with van der Waals surface area (Å²) in [6.45, 7) is 4.95. The molecule has 10 heteroatoms. The summed E-state index contributed by atoms with van der Waals surface area (Å²) in [5.41, 5.74) is -0.631. The van der Waals surface area contributed by atoms with Crippen LogP contribution < -0.4 is 14.2 Å². The van der Waals surface area contributed by atoms with E-state index < -0.39 is 16.5 Å². The van der Waals surface area contributed by atoms with E-state index in [2.05, 4.69) is 0 Å². The van der Waals surface area contributed by atoms with Crippen LogP contribution in [0.4, 0.5) is 5.69 Å². The molecule has 0 bridgehead atoms. The van der Waals surface area contributed by atoms with Gasteiger partial charge in [0.1, 0.15) is 5.56 Å². The largest absolute Gasteiger partial charge is 0.493 e. The molecule has 2 rings (SSSR count). The Hall–Kier alpha value is -3.04. The standard InChI is InChI=1S/C18H25N3O7/c1-11(2)17(22)19-6-8-20(9-7-19)18(23)12-10-13(26-3)15(27-4)16(28-5)14(12)21(24)25/h10-11H,6-9H2,1-5H3. The zero-order valence-electron chi connectivity index (χ0n) is 16.7. The molecular formula is C18H25N3O7. The Morgan fingerprint density at radius 1 is 1.00 bits per heavy atom. The predicted molar refractivity (Wildman–Crippen MR) is 100 cm³/mol. The number of piperazine rings is 1. The third-order valence-electron chi connectivity index (χ3n) is 4.59. The van der Waals surface area contributed by atoms with Gasteiger partial charge in [0.25, 0.3) is 5.91 Å². The third-order valence-corrected chi connectivity index (χ3v) is 4.59. The van der Waals surface area contributed by atoms with Crippen molar-refractivity contribution in [2.24, 2.45) is 5.92 Å². The van der Waals surface area contributed by atoms with E-state index in [4.69, 9.17) is 14.2 Å². The quantitative estimate of drug-likeness (QED) is 0.531. The molecule has 1 saturated heterocycles. The molecule has 28 heavy (non-hydrogen) atoms. The second-order valence-corrected chi connectivity index (χ2v) is 6.57. The van der Waals surface area contributed by atoms with Gasteiger partial charge in [-0.1, -0.05) is 13.8 Å². The summed E-state index contributed by atoms with van der Waals surface area (Å²) in [4.78, 5) is 39.3. The molecular weight excluding hydrogens is 370 g/mol. The van der Waals surface area contributed by atoms with E-state index in [0.717, 1.165) is 0 Å². The van der Waals surface area contributed by atoms with Crippen molar-refractivity contribution in [3.8, 4) is 17.2 Å². The maximum atomic E-state index is 13.0. The molecule has 1 aromatic carbocycles. The zero-order chi connectivity index (χ0) is 21.0. The fourth-order valence-corrected chi connectivity index (χ4v) is 3.15. The Kier molecular flexibility index (Phi) is 6.66. The van der Waals surface area contributed by atoms with E-state index in [1.807, 2.05) is 13.8 Å². The van der Waals surface area contributed by atoms with Crippen LogP contribution in [0.5, 0.6) is 17.2 Å². The summed E-state index contributed by atoms with van der Waals surface area (Å²) in [5.74, 6) is -0.613. The topological polar surface area (TPSA) is 111 Å². The van der Waals surface area contributed by atoms with Crippen molar-refractivity contribution in [3.05, 3.63) is 21.7 Å². The summed E-state index contributed by atoms with van der Waals surface area (Å²) in [7, 11) is 3.96. The van der Waals surface area contributed by atoms with Crippen LogP contribution in [-0.4, -0.2) is 74.0 Å². The lowest BCUT2D eigenvalue weighted by Gasteiger charge is -2.35. The fraction of sp³-hybridized carbons (Fsp3) is 0.556. The lowest BCUT2D eigenvalue weighted by atomic mass is 10.1. The number of hydrogen-bond donors (Lipinski definition) is 0. The van der Waals surface area contributed by atoms with Crippen LogP contribution in [-0.2, 0) is 4.79 Å². The van der Waals surface area contributed by atoms with E-state index in [1.54, 1.807) is 4.90 Å². The summed E-state index contributed by atoms with van der Waals surface area (Å²) in [6, 6.07) is 1.29. The molecule has 2 amide bonds. The van der Waals surface area contributed by atoms with Gasteiger partial charge in [0.15, 0.2) is 5.75 Å². The van der Waals surface area contributed by atoms with Crippen LogP contribution in [0.2, 0.25) is 0 Å². The number of nitrogens with zero attached hydrogens (tertiary/aromatic N) is 3. The lowest BCUT2D eigenvalue weighted by molar-refractivity contribution is -0.386. The van der Waals surface area contributed by atoms with Crippen molar-refractivity contribution >= 4 is 17.5 Å². The van der Waals surface area contributed by atoms with Gasteiger partial charge in [0.05, 0.1) is 26.3 Å². The highest BCUT2D eigenvalue weighted by atomic mass is 16.6. The highest BCUT2D eigenvalue weighted by molar-refractivity contribution is 6.00. The minimum Gasteiger partial charge on any atom is -0.493 e. The van der Waals surface area contributed by atoms with Crippen molar-refractivity contribution in [1.82, 2.24) is 9.80 Å². The molecule has 0 aliphatic carbocycles. The van der Waals surface area contributed by atoms with Gasteiger partial charge in [-0.05, 0) is 0 Å². The molecule has 1 aliphatic heterocycles. The van der Waals surface area contributed by atoms with Crippen molar-refractivity contribution in [2.45, 2.75) is 13.8 Å². The van der Waals surface area contributed by atoms with Gasteiger partial charge in [-0.2, -0.15) is 0 Å². The highest BCUT2D eigenvalue weighted by Crippen LogP contribution is 2.46. The van der Waals surface area contributed by atoms with Crippen molar-refractivity contribution in [3.63, 3.8) is 0 Å². The summed E-state index contributed by atoms with van der Waals surface area (Å²) < 4.78 is 15.5. The smallest absolute Gasteiger partial charge is 0.327 e. The molecule has 1 heterocycles. The predicted octanol–water partition coefficient (Wildman–Crippen LogP) is 1.56. The average Bonchev–Trinajstić information content (AvgIpc) is 2.70. The molecule has 0 N–H and O–H groups in total. The fourth-order valence-electron chi connectivity index (χ4n) is 3.15. The first-order valence-corrected chi connectivity index (χ1v) is 8.82. The number of carbonyl (C=O) groups excluding carboxylic acids is 2. The van der Waals surface area contributed by atoms with Crippen LogP contribution in [0.25, 0.3) is 0 Å². The maximum absolute atomic E-state index is 13.0. The number of benzene rings is 1. The second-order valence-electron chi connectivity index (χ2n) is 6.57. The van der Waals surface area contributed by atoms with Gasteiger partial charge in [-0.15, -0.1) is 0 Å². The van der Waals surface area contributed by atoms with Crippen LogP contribution in [0, 0.1) is 16.0 Å². The normalized spacial score (nSPS) is 14.1. The van der Waals surface area contributed by atoms with Gasteiger partial charge in [0.2, 0.25) is 17.4 Å². The average molecular weight is 395 g/mol. The first-order chi connectivity index (χ1) is 13.3. The van der Waals surface area contributed by atoms with E-state index in [1.165, 1.54) is 32.3 Å². The Bertz CT molecular complexity index is 771. The lowest BCUT2D eigenvalue weighted by Crippen LogP contribution is -2.51. The third kappa shape index (κ3) is 3.95. The van der Waals surface area contributed by atoms with Crippen LogP contribution >= 0.6 is 0 Å². The molecule has 1 aromatic rings. The Morgan fingerprint density at radius 3 is 1.96 bits per heavy atom. The molecule has 1 aliphatic rings. The summed E-state index contributed by atoms with van der Waals surface area (Å²) in [6.07, 6.45) is 0. The van der Waals surface area contributed by atoms with E-state index in [0.29, 0.717) is 13.1 Å². The molecule has 154 valence electrons. The number of nitro groups is 1. The van der Waals surface area contributed by atoms with Crippen LogP contribution in [0.15, 0.2) is 6.07 Å². The highest BCUT2D eigenvalue weighted by Gasteiger charge is 2.35. The first-order valence-electron chi connectivity index (χ1n) is 8.82. The van der Waals surface area contributed by atoms with Crippen molar-refractivity contribution < 1.29 is 28.7 Å². The minimum absolute atomic E-state index is 0.0193. The maximum Gasteiger partial charge on any atom is 0.327 e. The van der Waals surface area contributed by atoms with Gasteiger partial charge in [-0.3, -0.25) is 19.7 Å². The monoisotopic (exact) mass is 395 g/mol. The summed E-state index contributed by atoms with van der Waals surface area (Å²) in [5, 5.41) is 11.7. The molecule has 10 nitrogen and oxygen atoms in total. The van der Waals surface area contributed by atoms with Crippen LogP contribution in [0.1, 0.15) is 24.2 Å². The molecule has 0 atom stereocenters. The van der Waals surface area contributed by atoms with E-state index in [-0.39, 0.29) is 47.7 Å². The zero-order valence-corrected chi connectivity index (χ0v) is 16.7. The van der Waals surface area contributed by atoms with E-state index >= 15 is 0 Å². The molecule has 1 fully saturated rings. The SMILES string of the molecule is COc1cc(C(=O)N2CCN(C(=O)C(C)C)CC2)c([N+](=O)[O-])c(OC)c1OC. The molecule has 0 aromatic heterocycles. The number of rotatable bonds is 6. The first kappa shape index (κ1) is 21.3. The Labute approximate surface area is 163 Å². The molecule has 0 saturated carbocycles. The van der Waals surface area contributed by atoms with Crippen molar-refractivity contribution in [1.29, 1.82) is 0 Å². The molecule has 0 spiro atoms. The van der Waals surface area contributed by atoms with E-state index in [9.17, 15) is 19.7 Å². The van der Waals surface area contributed by atoms with Crippen molar-refractivity contribution in [2.75, 3.05) is 47.5 Å². The minimum atomic E-state index is -0.674. The number of amides is 2. The van der Waals surface area contributed by atoms with Gasteiger partial charge >= 0.3 is 5.69 Å². The number of ether oxygens (including phenoxy) is 3. The summed E-state index contributed by atoms with van der Waals surface area (Å²) >= 11 is 0. The van der Waals surface area contributed by atoms with Crippen LogP contribution in [0.3, 0.4) is 0 Å². The number of nitro benzene ring substituents is 1. The second kappa shape index (κ2) is 8.77. The molecule has 0 radical (unpaired) electrons. The molecule has 0 unspecified atom stereocenters. The Balaban J connectivity index is 2.38. The van der Waals surface area contributed by atoms with Gasteiger partial charge < -0.3 is 24.0 Å². The number of methoxy groups -OCH3 is 3. The number of hydrogen-bond acceptors (Lipinski definition) is 7. The number of carbonyl (C=O) groups is 2. The van der Waals surface area contributed by atoms with Gasteiger partial charge in [-0.25, -0.2) is 0 Å².